The molecule has 2 unspecified atom stereocenters. The molecule has 1 saturated carbocycles. The van der Waals surface area contributed by atoms with Crippen molar-refractivity contribution in [3.05, 3.63) is 18.0 Å². The molecule has 0 saturated heterocycles. The lowest BCUT2D eigenvalue weighted by molar-refractivity contribution is 0.0192. The topological polar surface area (TPSA) is 39.1 Å². The minimum Gasteiger partial charge on any atom is -0.377 e. The summed E-state index contributed by atoms with van der Waals surface area (Å²) in [4.78, 5) is 0. The van der Waals surface area contributed by atoms with Crippen molar-refractivity contribution in [2.75, 3.05) is 13.2 Å². The zero-order valence-corrected chi connectivity index (χ0v) is 13.1. The Balaban J connectivity index is 2.00. The molecule has 0 aliphatic heterocycles. The minimum atomic E-state index is 0.358. The van der Waals surface area contributed by atoms with Gasteiger partial charge in [-0.2, -0.15) is 5.10 Å². The Morgan fingerprint density at radius 2 is 2.20 bits per heavy atom. The monoisotopic (exact) mass is 279 g/mol. The second-order valence-electron chi connectivity index (χ2n) is 5.73. The molecule has 1 N–H and O–H groups in total. The van der Waals surface area contributed by atoms with Gasteiger partial charge in [0.15, 0.2) is 0 Å². The molecule has 1 heterocycles. The van der Waals surface area contributed by atoms with Crippen LogP contribution in [-0.4, -0.2) is 35.1 Å². The number of hydrogen-bond donors (Lipinski definition) is 1. The first kappa shape index (κ1) is 15.5. The fraction of sp³-hybridized carbons (Fsp3) is 0.812. The second-order valence-corrected chi connectivity index (χ2v) is 5.73. The van der Waals surface area contributed by atoms with E-state index in [-0.39, 0.29) is 0 Å². The summed E-state index contributed by atoms with van der Waals surface area (Å²) in [6, 6.07) is 0.414. The second kappa shape index (κ2) is 7.79. The molecule has 1 aliphatic carbocycles. The number of nitrogens with zero attached hydrogens (tertiary/aromatic N) is 2. The van der Waals surface area contributed by atoms with Crippen LogP contribution in [0.4, 0.5) is 0 Å². The zero-order chi connectivity index (χ0) is 14.4. The van der Waals surface area contributed by atoms with E-state index >= 15 is 0 Å². The van der Waals surface area contributed by atoms with Gasteiger partial charge in [-0.3, -0.25) is 4.68 Å². The van der Waals surface area contributed by atoms with Crippen LogP contribution in [0.25, 0.3) is 0 Å². The summed E-state index contributed by atoms with van der Waals surface area (Å²) in [5, 5.41) is 8.07. The van der Waals surface area contributed by atoms with Crippen molar-refractivity contribution in [3.8, 4) is 0 Å². The zero-order valence-electron chi connectivity index (χ0n) is 13.1. The van der Waals surface area contributed by atoms with E-state index in [1.807, 2.05) is 10.9 Å². The van der Waals surface area contributed by atoms with Gasteiger partial charge in [-0.25, -0.2) is 0 Å². The van der Waals surface area contributed by atoms with Crippen LogP contribution in [-0.2, 0) is 17.7 Å². The summed E-state index contributed by atoms with van der Waals surface area (Å²) < 4.78 is 8.04. The van der Waals surface area contributed by atoms with Crippen LogP contribution >= 0.6 is 0 Å². The maximum atomic E-state index is 6.04. The first-order chi connectivity index (χ1) is 9.78. The summed E-state index contributed by atoms with van der Waals surface area (Å²) in [5.41, 5.74) is 1.31. The highest BCUT2D eigenvalue weighted by Crippen LogP contribution is 2.36. The van der Waals surface area contributed by atoms with Gasteiger partial charge in [-0.1, -0.05) is 6.92 Å². The third-order valence-electron chi connectivity index (χ3n) is 3.97. The van der Waals surface area contributed by atoms with E-state index in [0.29, 0.717) is 12.1 Å². The Labute approximate surface area is 122 Å². The van der Waals surface area contributed by atoms with Crippen molar-refractivity contribution in [2.45, 2.75) is 65.1 Å². The van der Waals surface area contributed by atoms with Crippen molar-refractivity contribution in [2.24, 2.45) is 5.92 Å². The van der Waals surface area contributed by atoms with Crippen molar-refractivity contribution in [1.82, 2.24) is 15.1 Å². The van der Waals surface area contributed by atoms with E-state index in [4.69, 9.17) is 4.74 Å². The Morgan fingerprint density at radius 3 is 2.75 bits per heavy atom. The van der Waals surface area contributed by atoms with Crippen LogP contribution in [0.3, 0.4) is 0 Å². The van der Waals surface area contributed by atoms with Gasteiger partial charge in [0.2, 0.25) is 0 Å². The molecule has 0 aromatic carbocycles. The first-order valence-electron chi connectivity index (χ1n) is 8.14. The average Bonchev–Trinajstić information content (AvgIpc) is 3.20. The Kier molecular flexibility index (Phi) is 6.05. The largest absolute Gasteiger partial charge is 0.377 e. The van der Waals surface area contributed by atoms with Gasteiger partial charge in [0.05, 0.1) is 12.3 Å². The highest BCUT2D eigenvalue weighted by molar-refractivity contribution is 5.08. The SMILES string of the molecule is CCCNC(Cc1cnn(CC)c1)C(OCC)C1CC1. The molecule has 1 aromatic heterocycles. The van der Waals surface area contributed by atoms with E-state index in [1.165, 1.54) is 18.4 Å². The normalized spacial score (nSPS) is 18.1. The summed E-state index contributed by atoms with van der Waals surface area (Å²) in [6.45, 7) is 9.23. The maximum Gasteiger partial charge on any atom is 0.0759 e. The molecular formula is C16H29N3O. The highest BCUT2D eigenvalue weighted by atomic mass is 16.5. The highest BCUT2D eigenvalue weighted by Gasteiger charge is 2.37. The van der Waals surface area contributed by atoms with Crippen LogP contribution in [0, 0.1) is 5.92 Å². The van der Waals surface area contributed by atoms with Gasteiger partial charge in [-0.05, 0) is 57.6 Å². The quantitative estimate of drug-likeness (QED) is 0.715. The molecule has 0 amide bonds. The predicted molar refractivity (Wildman–Crippen MR) is 81.8 cm³/mol. The van der Waals surface area contributed by atoms with Gasteiger partial charge >= 0.3 is 0 Å². The fourth-order valence-corrected chi connectivity index (χ4v) is 2.77. The minimum absolute atomic E-state index is 0.358. The van der Waals surface area contributed by atoms with Crippen molar-refractivity contribution >= 4 is 0 Å². The predicted octanol–water partition coefficient (Wildman–Crippen LogP) is 2.63. The third kappa shape index (κ3) is 4.32. The Morgan fingerprint density at radius 1 is 1.40 bits per heavy atom. The number of hydrogen-bond acceptors (Lipinski definition) is 3. The van der Waals surface area contributed by atoms with E-state index in [2.05, 4.69) is 37.4 Å². The van der Waals surface area contributed by atoms with Crippen LogP contribution < -0.4 is 5.32 Å². The lowest BCUT2D eigenvalue weighted by atomic mass is 9.99. The van der Waals surface area contributed by atoms with Crippen molar-refractivity contribution < 1.29 is 4.74 Å². The summed E-state index contributed by atoms with van der Waals surface area (Å²) in [7, 11) is 0. The summed E-state index contributed by atoms with van der Waals surface area (Å²) >= 11 is 0. The van der Waals surface area contributed by atoms with Crippen LogP contribution in [0.15, 0.2) is 12.4 Å². The number of aromatic nitrogens is 2. The maximum absolute atomic E-state index is 6.04. The number of ether oxygens (including phenoxy) is 1. The van der Waals surface area contributed by atoms with E-state index in [9.17, 15) is 0 Å². The smallest absolute Gasteiger partial charge is 0.0759 e. The van der Waals surface area contributed by atoms with E-state index in [0.717, 1.165) is 38.5 Å². The average molecular weight is 279 g/mol. The Bertz CT molecular complexity index is 387. The van der Waals surface area contributed by atoms with Crippen molar-refractivity contribution in [3.63, 3.8) is 0 Å². The van der Waals surface area contributed by atoms with E-state index in [1.54, 1.807) is 0 Å². The standard InChI is InChI=1S/C16H29N3O/c1-4-9-17-15(16(20-6-3)14-7-8-14)10-13-11-18-19(5-2)12-13/h11-12,14-17H,4-10H2,1-3H3. The fourth-order valence-electron chi connectivity index (χ4n) is 2.77. The van der Waals surface area contributed by atoms with Crippen molar-refractivity contribution in [1.29, 1.82) is 0 Å². The molecule has 2 rings (SSSR count). The molecular weight excluding hydrogens is 250 g/mol. The molecule has 1 fully saturated rings. The Hall–Kier alpha value is -0.870. The van der Waals surface area contributed by atoms with Crippen LogP contribution in [0.5, 0.6) is 0 Å². The van der Waals surface area contributed by atoms with Gasteiger partial charge < -0.3 is 10.1 Å². The summed E-state index contributed by atoms with van der Waals surface area (Å²) in [6.07, 6.45) is 9.34. The molecule has 114 valence electrons. The first-order valence-corrected chi connectivity index (χ1v) is 8.14. The molecule has 1 aromatic rings. The molecule has 0 bridgehead atoms. The summed E-state index contributed by atoms with van der Waals surface area (Å²) in [5.74, 6) is 0.755. The van der Waals surface area contributed by atoms with Gasteiger partial charge in [0, 0.05) is 25.4 Å². The van der Waals surface area contributed by atoms with Gasteiger partial charge in [0.1, 0.15) is 0 Å². The molecule has 4 nitrogen and oxygen atoms in total. The molecule has 4 heteroatoms. The molecule has 2 atom stereocenters. The van der Waals surface area contributed by atoms with E-state index < -0.39 is 0 Å². The molecule has 20 heavy (non-hydrogen) atoms. The molecule has 0 spiro atoms. The third-order valence-corrected chi connectivity index (χ3v) is 3.97. The van der Waals surface area contributed by atoms with Gasteiger partial charge in [0.25, 0.3) is 0 Å². The lowest BCUT2D eigenvalue weighted by Crippen LogP contribution is -2.44. The van der Waals surface area contributed by atoms with Gasteiger partial charge in [-0.15, -0.1) is 0 Å². The number of rotatable bonds is 10. The van der Waals surface area contributed by atoms with Crippen LogP contribution in [0.1, 0.15) is 45.6 Å². The lowest BCUT2D eigenvalue weighted by Gasteiger charge is -2.28. The number of aryl methyl sites for hydroxylation is 1. The molecule has 1 aliphatic rings. The van der Waals surface area contributed by atoms with Crippen LogP contribution in [0.2, 0.25) is 0 Å². The molecule has 0 radical (unpaired) electrons. The number of nitrogens with one attached hydrogen (secondary N) is 1.